The van der Waals surface area contributed by atoms with Gasteiger partial charge in [0.25, 0.3) is 0 Å². The van der Waals surface area contributed by atoms with Crippen molar-refractivity contribution in [2.24, 2.45) is 0 Å². The van der Waals surface area contributed by atoms with Gasteiger partial charge in [-0.05, 0) is 13.0 Å². The van der Waals surface area contributed by atoms with E-state index >= 15 is 0 Å². The maximum Gasteiger partial charge on any atom is 0.162 e. The Morgan fingerprint density at radius 3 is 2.70 bits per heavy atom. The van der Waals surface area contributed by atoms with Crippen molar-refractivity contribution in [1.29, 1.82) is 0 Å². The van der Waals surface area contributed by atoms with Crippen molar-refractivity contribution in [3.8, 4) is 11.5 Å². The molecular formula is C14H22ClFN2O2. The Balaban J connectivity index is 0.00000200. The number of piperazine rings is 1. The number of nitrogens with zero attached hydrogens (tertiary/aromatic N) is 1. The zero-order valence-electron chi connectivity index (χ0n) is 11.6. The van der Waals surface area contributed by atoms with Crippen LogP contribution in [0.3, 0.4) is 0 Å². The molecule has 2 rings (SSSR count). The minimum absolute atomic E-state index is 0. The number of aromatic hydroxyl groups is 1. The summed E-state index contributed by atoms with van der Waals surface area (Å²) in [5.74, 6) is 0.485. The molecule has 0 bridgehead atoms. The SMILES string of the molecule is CCOc1cccc([C@H](CF)N2CCNCC2)c1O.Cl. The molecule has 6 heteroatoms. The van der Waals surface area contributed by atoms with Crippen LogP contribution in [0.2, 0.25) is 0 Å². The van der Waals surface area contributed by atoms with Crippen molar-refractivity contribution in [1.82, 2.24) is 10.2 Å². The largest absolute Gasteiger partial charge is 0.504 e. The number of rotatable bonds is 5. The van der Waals surface area contributed by atoms with Crippen molar-refractivity contribution in [3.05, 3.63) is 23.8 Å². The summed E-state index contributed by atoms with van der Waals surface area (Å²) in [4.78, 5) is 2.06. The van der Waals surface area contributed by atoms with Crippen LogP contribution in [0.25, 0.3) is 0 Å². The summed E-state index contributed by atoms with van der Waals surface area (Å²) in [5.41, 5.74) is 0.607. The third-order valence-corrected chi connectivity index (χ3v) is 3.43. The fourth-order valence-corrected chi connectivity index (χ4v) is 2.45. The maximum atomic E-state index is 13.4. The fourth-order valence-electron chi connectivity index (χ4n) is 2.45. The summed E-state index contributed by atoms with van der Waals surface area (Å²) >= 11 is 0. The average molecular weight is 305 g/mol. The molecular weight excluding hydrogens is 283 g/mol. The van der Waals surface area contributed by atoms with Gasteiger partial charge in [0.1, 0.15) is 6.67 Å². The standard InChI is InChI=1S/C14H21FN2O2.ClH/c1-2-19-13-5-3-4-11(14(13)18)12(10-15)17-8-6-16-7-9-17;/h3-5,12,16,18H,2,6-10H2,1H3;1H/t12-;/m0./s1. The Labute approximate surface area is 125 Å². The van der Waals surface area contributed by atoms with Gasteiger partial charge < -0.3 is 15.2 Å². The topological polar surface area (TPSA) is 44.7 Å². The van der Waals surface area contributed by atoms with Crippen LogP contribution in [0.1, 0.15) is 18.5 Å². The molecule has 0 aromatic heterocycles. The molecule has 0 spiro atoms. The van der Waals surface area contributed by atoms with Crippen molar-refractivity contribution in [3.63, 3.8) is 0 Å². The molecule has 0 radical (unpaired) electrons. The third kappa shape index (κ3) is 3.75. The van der Waals surface area contributed by atoms with Crippen LogP contribution in [0, 0.1) is 0 Å². The number of ether oxygens (including phenoxy) is 1. The van der Waals surface area contributed by atoms with E-state index in [4.69, 9.17) is 4.74 Å². The van der Waals surface area contributed by atoms with E-state index < -0.39 is 12.7 Å². The molecule has 1 aromatic rings. The predicted molar refractivity (Wildman–Crippen MR) is 79.7 cm³/mol. The van der Waals surface area contributed by atoms with Gasteiger partial charge >= 0.3 is 0 Å². The van der Waals surface area contributed by atoms with Gasteiger partial charge in [-0.25, -0.2) is 4.39 Å². The van der Waals surface area contributed by atoms with Crippen LogP contribution in [-0.2, 0) is 0 Å². The van der Waals surface area contributed by atoms with Gasteiger partial charge in [-0.2, -0.15) is 0 Å². The van der Waals surface area contributed by atoms with Gasteiger partial charge in [0.2, 0.25) is 0 Å². The second-order valence-electron chi connectivity index (χ2n) is 4.58. The van der Waals surface area contributed by atoms with E-state index in [0.717, 1.165) is 26.2 Å². The van der Waals surface area contributed by atoms with Crippen molar-refractivity contribution in [2.45, 2.75) is 13.0 Å². The number of hydrogen-bond donors (Lipinski definition) is 2. The molecule has 1 aromatic carbocycles. The van der Waals surface area contributed by atoms with Crippen LogP contribution in [0.5, 0.6) is 11.5 Å². The van der Waals surface area contributed by atoms with Crippen LogP contribution >= 0.6 is 12.4 Å². The minimum Gasteiger partial charge on any atom is -0.504 e. The van der Waals surface area contributed by atoms with Crippen molar-refractivity contribution >= 4 is 12.4 Å². The zero-order valence-corrected chi connectivity index (χ0v) is 12.5. The quantitative estimate of drug-likeness (QED) is 0.875. The number of phenols is 1. The molecule has 1 saturated heterocycles. The number of nitrogens with one attached hydrogen (secondary N) is 1. The summed E-state index contributed by atoms with van der Waals surface area (Å²) in [7, 11) is 0. The first-order valence-corrected chi connectivity index (χ1v) is 6.73. The third-order valence-electron chi connectivity index (χ3n) is 3.43. The molecule has 1 aliphatic heterocycles. The smallest absolute Gasteiger partial charge is 0.162 e. The van der Waals surface area contributed by atoms with E-state index in [1.807, 2.05) is 6.92 Å². The van der Waals surface area contributed by atoms with Crippen LogP contribution in [0.4, 0.5) is 4.39 Å². The van der Waals surface area contributed by atoms with Gasteiger partial charge in [0.05, 0.1) is 12.6 Å². The molecule has 1 atom stereocenters. The summed E-state index contributed by atoms with van der Waals surface area (Å²) in [6, 6.07) is 4.87. The highest BCUT2D eigenvalue weighted by Crippen LogP contribution is 2.36. The van der Waals surface area contributed by atoms with Gasteiger partial charge in [-0.15, -0.1) is 12.4 Å². The first-order valence-electron chi connectivity index (χ1n) is 6.73. The molecule has 0 aliphatic carbocycles. The van der Waals surface area contributed by atoms with E-state index in [1.165, 1.54) is 0 Å². The van der Waals surface area contributed by atoms with Crippen molar-refractivity contribution in [2.75, 3.05) is 39.5 Å². The highest BCUT2D eigenvalue weighted by atomic mass is 35.5. The molecule has 0 amide bonds. The van der Waals surface area contributed by atoms with Crippen molar-refractivity contribution < 1.29 is 14.2 Å². The molecule has 4 nitrogen and oxygen atoms in total. The molecule has 1 heterocycles. The lowest BCUT2D eigenvalue weighted by Crippen LogP contribution is -2.45. The fraction of sp³-hybridized carbons (Fsp3) is 0.571. The highest BCUT2D eigenvalue weighted by Gasteiger charge is 2.25. The summed E-state index contributed by atoms with van der Waals surface area (Å²) < 4.78 is 18.8. The van der Waals surface area contributed by atoms with Gasteiger partial charge in [-0.1, -0.05) is 12.1 Å². The van der Waals surface area contributed by atoms with Crippen LogP contribution in [0.15, 0.2) is 18.2 Å². The number of halogens is 2. The Morgan fingerprint density at radius 1 is 1.40 bits per heavy atom. The van der Waals surface area contributed by atoms with Crippen LogP contribution in [-0.4, -0.2) is 49.5 Å². The van der Waals surface area contributed by atoms with E-state index in [1.54, 1.807) is 18.2 Å². The van der Waals surface area contributed by atoms with Crippen LogP contribution < -0.4 is 10.1 Å². The van der Waals surface area contributed by atoms with Gasteiger partial charge in [-0.3, -0.25) is 4.90 Å². The Bertz CT molecular complexity index is 414. The van der Waals surface area contributed by atoms with E-state index in [0.29, 0.717) is 17.9 Å². The van der Waals surface area contributed by atoms with E-state index in [-0.39, 0.29) is 18.2 Å². The second kappa shape index (κ2) is 8.29. The highest BCUT2D eigenvalue weighted by molar-refractivity contribution is 5.85. The molecule has 114 valence electrons. The second-order valence-corrected chi connectivity index (χ2v) is 4.58. The number of hydrogen-bond acceptors (Lipinski definition) is 4. The monoisotopic (exact) mass is 304 g/mol. The number of alkyl halides is 1. The first-order chi connectivity index (χ1) is 9.27. The normalized spacial score (nSPS) is 17.3. The molecule has 20 heavy (non-hydrogen) atoms. The molecule has 1 fully saturated rings. The minimum atomic E-state index is -0.511. The average Bonchev–Trinajstić information content (AvgIpc) is 2.45. The molecule has 0 saturated carbocycles. The zero-order chi connectivity index (χ0) is 13.7. The molecule has 0 unspecified atom stereocenters. The maximum absolute atomic E-state index is 13.4. The number of para-hydroxylation sites is 1. The predicted octanol–water partition coefficient (Wildman–Crippen LogP) is 2.13. The lowest BCUT2D eigenvalue weighted by molar-refractivity contribution is 0.144. The van der Waals surface area contributed by atoms with Gasteiger partial charge in [0, 0.05) is 31.7 Å². The van der Waals surface area contributed by atoms with E-state index in [2.05, 4.69) is 10.2 Å². The Kier molecular flexibility index (Phi) is 7.05. The lowest BCUT2D eigenvalue weighted by Gasteiger charge is -2.34. The molecule has 1 aliphatic rings. The summed E-state index contributed by atoms with van der Waals surface area (Å²) in [6.45, 7) is 5.09. The van der Waals surface area contributed by atoms with E-state index in [9.17, 15) is 9.50 Å². The number of phenolic OH excluding ortho intramolecular Hbond substituents is 1. The summed E-state index contributed by atoms with van der Waals surface area (Å²) in [5, 5.41) is 13.5. The Hall–Kier alpha value is -1.04. The summed E-state index contributed by atoms with van der Waals surface area (Å²) in [6.07, 6.45) is 0. The van der Waals surface area contributed by atoms with Gasteiger partial charge in [0.15, 0.2) is 11.5 Å². The lowest BCUT2D eigenvalue weighted by atomic mass is 10.0. The number of benzene rings is 1. The molecule has 2 N–H and O–H groups in total. The Morgan fingerprint density at radius 2 is 2.10 bits per heavy atom. The first kappa shape index (κ1) is 17.0.